The maximum Gasteiger partial charge on any atom is 0.262 e. The molecule has 0 aromatic heterocycles. The van der Waals surface area contributed by atoms with Gasteiger partial charge in [0, 0.05) is 25.4 Å². The molecule has 2 aromatic rings. The van der Waals surface area contributed by atoms with Crippen LogP contribution in [0, 0.1) is 5.92 Å². The number of carbonyl (C=O) groups excluding carboxylic acids is 4. The van der Waals surface area contributed by atoms with E-state index in [1.165, 1.54) is 0 Å². The molecule has 6 heteroatoms. The molecule has 0 aliphatic carbocycles. The van der Waals surface area contributed by atoms with Gasteiger partial charge in [0.15, 0.2) is 0 Å². The summed E-state index contributed by atoms with van der Waals surface area (Å²) in [5, 5.41) is 0. The fourth-order valence-corrected chi connectivity index (χ4v) is 4.33. The summed E-state index contributed by atoms with van der Waals surface area (Å²) in [6, 6.07) is 15.2. The first-order valence-corrected chi connectivity index (χ1v) is 10.3. The number of fused-ring (bicyclic) bond motifs is 1. The minimum atomic E-state index is -0.909. The van der Waals surface area contributed by atoms with Gasteiger partial charge in [0.2, 0.25) is 5.91 Å². The number of Topliss-reactive ketones (excluding diaryl/α,β-unsaturated/α-hetero) is 1. The first kappa shape index (κ1) is 20.0. The zero-order valence-corrected chi connectivity index (χ0v) is 16.9. The Hall–Kier alpha value is -3.28. The summed E-state index contributed by atoms with van der Waals surface area (Å²) >= 11 is 0. The van der Waals surface area contributed by atoms with Crippen LogP contribution >= 0.6 is 0 Å². The molecular formula is C24H24N2O4. The van der Waals surface area contributed by atoms with E-state index in [0.29, 0.717) is 37.1 Å². The van der Waals surface area contributed by atoms with Crippen molar-refractivity contribution in [3.63, 3.8) is 0 Å². The molecule has 0 bridgehead atoms. The number of hydrogen-bond acceptors (Lipinski definition) is 4. The third kappa shape index (κ3) is 3.65. The molecule has 4 rings (SSSR count). The fraction of sp³-hybridized carbons (Fsp3) is 0.333. The molecule has 2 heterocycles. The molecular weight excluding hydrogens is 380 g/mol. The van der Waals surface area contributed by atoms with E-state index >= 15 is 0 Å². The van der Waals surface area contributed by atoms with E-state index in [0.717, 1.165) is 10.5 Å². The lowest BCUT2D eigenvalue weighted by Crippen LogP contribution is -2.53. The highest BCUT2D eigenvalue weighted by Crippen LogP contribution is 2.28. The molecule has 2 aliphatic rings. The smallest absolute Gasteiger partial charge is 0.262 e. The van der Waals surface area contributed by atoms with Crippen LogP contribution in [0.25, 0.3) is 0 Å². The third-order valence-electron chi connectivity index (χ3n) is 6.08. The number of benzene rings is 2. The number of hydrogen-bond donors (Lipinski definition) is 0. The molecule has 0 N–H and O–H groups in total. The van der Waals surface area contributed by atoms with Gasteiger partial charge in [-0.3, -0.25) is 24.1 Å². The highest BCUT2D eigenvalue weighted by atomic mass is 16.2. The SMILES string of the molecule is CC(=O)C1CCN(C(=O)C(Cc2ccccc2)N2C(=O)c3ccccc3C2=O)CC1. The molecule has 3 amide bonds. The van der Waals surface area contributed by atoms with Crippen molar-refractivity contribution in [3.8, 4) is 0 Å². The molecule has 1 atom stereocenters. The van der Waals surface area contributed by atoms with Crippen molar-refractivity contribution in [3.05, 3.63) is 71.3 Å². The van der Waals surface area contributed by atoms with Crippen molar-refractivity contribution in [2.24, 2.45) is 5.92 Å². The van der Waals surface area contributed by atoms with Gasteiger partial charge in [0.05, 0.1) is 11.1 Å². The van der Waals surface area contributed by atoms with Gasteiger partial charge in [-0.15, -0.1) is 0 Å². The lowest BCUT2D eigenvalue weighted by atomic mass is 9.92. The number of likely N-dealkylation sites (tertiary alicyclic amines) is 1. The molecule has 30 heavy (non-hydrogen) atoms. The van der Waals surface area contributed by atoms with Crippen molar-refractivity contribution >= 4 is 23.5 Å². The van der Waals surface area contributed by atoms with Gasteiger partial charge in [-0.2, -0.15) is 0 Å². The Balaban J connectivity index is 1.62. The topological polar surface area (TPSA) is 74.8 Å². The Morgan fingerprint density at radius 1 is 0.900 bits per heavy atom. The van der Waals surface area contributed by atoms with Gasteiger partial charge < -0.3 is 4.90 Å². The number of rotatable bonds is 5. The summed E-state index contributed by atoms with van der Waals surface area (Å²) in [5.74, 6) is -0.980. The lowest BCUT2D eigenvalue weighted by molar-refractivity contribution is -0.138. The summed E-state index contributed by atoms with van der Waals surface area (Å²) in [4.78, 5) is 54.1. The Morgan fingerprint density at radius 2 is 1.43 bits per heavy atom. The lowest BCUT2D eigenvalue weighted by Gasteiger charge is -2.35. The van der Waals surface area contributed by atoms with Crippen LogP contribution in [-0.2, 0) is 16.0 Å². The van der Waals surface area contributed by atoms with Crippen molar-refractivity contribution in [2.75, 3.05) is 13.1 Å². The van der Waals surface area contributed by atoms with Crippen molar-refractivity contribution in [1.82, 2.24) is 9.80 Å². The van der Waals surface area contributed by atoms with E-state index in [-0.39, 0.29) is 24.0 Å². The molecule has 6 nitrogen and oxygen atoms in total. The van der Waals surface area contributed by atoms with Crippen LogP contribution in [-0.4, -0.2) is 52.4 Å². The maximum atomic E-state index is 13.5. The van der Waals surface area contributed by atoms with Gasteiger partial charge in [-0.1, -0.05) is 42.5 Å². The second kappa shape index (κ2) is 8.22. The standard InChI is InChI=1S/C24H24N2O4/c1-16(27)18-11-13-25(14-12-18)24(30)21(15-17-7-3-2-4-8-17)26-22(28)19-9-5-6-10-20(19)23(26)29/h2-10,18,21H,11-15H2,1H3. The van der Waals surface area contributed by atoms with Gasteiger partial charge in [-0.05, 0) is 37.5 Å². The van der Waals surface area contributed by atoms with Gasteiger partial charge in [-0.25, -0.2) is 0 Å². The summed E-state index contributed by atoms with van der Waals surface area (Å²) < 4.78 is 0. The van der Waals surface area contributed by atoms with Crippen LogP contribution in [0.2, 0.25) is 0 Å². The molecule has 2 aliphatic heterocycles. The first-order chi connectivity index (χ1) is 14.5. The zero-order chi connectivity index (χ0) is 21.3. The number of amides is 3. The van der Waals surface area contributed by atoms with E-state index in [2.05, 4.69) is 0 Å². The highest BCUT2D eigenvalue weighted by Gasteiger charge is 2.44. The van der Waals surface area contributed by atoms with Crippen molar-refractivity contribution < 1.29 is 19.2 Å². The van der Waals surface area contributed by atoms with Crippen LogP contribution in [0.4, 0.5) is 0 Å². The van der Waals surface area contributed by atoms with Gasteiger partial charge in [0.25, 0.3) is 11.8 Å². The second-order valence-corrected chi connectivity index (χ2v) is 7.94. The van der Waals surface area contributed by atoms with Crippen LogP contribution in [0.15, 0.2) is 54.6 Å². The quantitative estimate of drug-likeness (QED) is 0.718. The van der Waals surface area contributed by atoms with Crippen LogP contribution < -0.4 is 0 Å². The number of piperidine rings is 1. The molecule has 2 aromatic carbocycles. The molecule has 0 saturated carbocycles. The fourth-order valence-electron chi connectivity index (χ4n) is 4.33. The molecule has 1 saturated heterocycles. The molecule has 0 radical (unpaired) electrons. The van der Waals surface area contributed by atoms with Crippen LogP contribution in [0.3, 0.4) is 0 Å². The summed E-state index contributed by atoms with van der Waals surface area (Å²) in [7, 11) is 0. The van der Waals surface area contributed by atoms with E-state index in [4.69, 9.17) is 0 Å². The molecule has 154 valence electrons. The average Bonchev–Trinajstić information content (AvgIpc) is 3.03. The maximum absolute atomic E-state index is 13.5. The normalized spacial score (nSPS) is 17.8. The Morgan fingerprint density at radius 3 is 1.97 bits per heavy atom. The predicted octanol–water partition coefficient (Wildman–Crippen LogP) is 2.72. The highest BCUT2D eigenvalue weighted by molar-refractivity contribution is 6.22. The molecule has 0 spiro atoms. The number of nitrogens with zero attached hydrogens (tertiary/aromatic N) is 2. The minimum absolute atomic E-state index is 0.0269. The van der Waals surface area contributed by atoms with E-state index in [1.54, 1.807) is 36.1 Å². The summed E-state index contributed by atoms with van der Waals surface area (Å²) in [6.45, 7) is 2.49. The number of carbonyl (C=O) groups is 4. The van der Waals surface area contributed by atoms with Crippen molar-refractivity contribution in [2.45, 2.75) is 32.2 Å². The molecule has 1 unspecified atom stereocenters. The second-order valence-electron chi connectivity index (χ2n) is 7.94. The zero-order valence-electron chi connectivity index (χ0n) is 16.9. The Bertz CT molecular complexity index is 958. The number of imide groups is 1. The predicted molar refractivity (Wildman–Crippen MR) is 111 cm³/mol. The summed E-state index contributed by atoms with van der Waals surface area (Å²) in [6.07, 6.45) is 1.49. The minimum Gasteiger partial charge on any atom is -0.341 e. The van der Waals surface area contributed by atoms with E-state index in [1.807, 2.05) is 30.3 Å². The third-order valence-corrected chi connectivity index (χ3v) is 6.08. The monoisotopic (exact) mass is 404 g/mol. The van der Waals surface area contributed by atoms with E-state index < -0.39 is 17.9 Å². The molecule has 1 fully saturated rings. The van der Waals surface area contributed by atoms with Crippen molar-refractivity contribution in [1.29, 1.82) is 0 Å². The van der Waals surface area contributed by atoms with Crippen LogP contribution in [0.5, 0.6) is 0 Å². The Kier molecular flexibility index (Phi) is 5.48. The van der Waals surface area contributed by atoms with Crippen LogP contribution in [0.1, 0.15) is 46.0 Å². The van der Waals surface area contributed by atoms with Gasteiger partial charge >= 0.3 is 0 Å². The largest absolute Gasteiger partial charge is 0.341 e. The summed E-state index contributed by atoms with van der Waals surface area (Å²) in [5.41, 5.74) is 1.55. The number of ketones is 1. The first-order valence-electron chi connectivity index (χ1n) is 10.3. The average molecular weight is 404 g/mol. The van der Waals surface area contributed by atoms with E-state index in [9.17, 15) is 19.2 Å². The Labute approximate surface area is 175 Å². The van der Waals surface area contributed by atoms with Gasteiger partial charge in [0.1, 0.15) is 11.8 Å².